The highest BCUT2D eigenvalue weighted by Crippen LogP contribution is 2.40. The number of primary amides is 1. The number of fused-ring (bicyclic) bond motifs is 2. The number of aliphatic hydroxyl groups is 1. The van der Waals surface area contributed by atoms with E-state index in [4.69, 9.17) is 10.9 Å². The zero-order valence-electron chi connectivity index (χ0n) is 16.4. The van der Waals surface area contributed by atoms with Crippen molar-refractivity contribution >= 4 is 35.0 Å². The van der Waals surface area contributed by atoms with Gasteiger partial charge in [-0.2, -0.15) is 0 Å². The van der Waals surface area contributed by atoms with E-state index in [-0.39, 0.29) is 11.6 Å². The fourth-order valence-electron chi connectivity index (χ4n) is 3.90. The summed E-state index contributed by atoms with van der Waals surface area (Å²) in [6.07, 6.45) is 5.17. The minimum Gasteiger partial charge on any atom is -0.385 e. The number of rotatable bonds is 3. The van der Waals surface area contributed by atoms with E-state index >= 15 is 0 Å². The van der Waals surface area contributed by atoms with Crippen molar-refractivity contribution < 1.29 is 18.7 Å². The van der Waals surface area contributed by atoms with Crippen LogP contribution >= 0.6 is 23.3 Å². The van der Waals surface area contributed by atoms with Crippen molar-refractivity contribution in [3.05, 3.63) is 44.8 Å². The monoisotopic (exact) mass is 441 g/mol. The summed E-state index contributed by atoms with van der Waals surface area (Å²) < 4.78 is 27.6. The van der Waals surface area contributed by atoms with Crippen molar-refractivity contribution in [3.63, 3.8) is 0 Å². The third-order valence-electron chi connectivity index (χ3n) is 5.18. The Morgan fingerprint density at radius 3 is 2.03 bits per heavy atom. The molecule has 4 rings (SSSR count). The number of anilines is 1. The summed E-state index contributed by atoms with van der Waals surface area (Å²) in [6, 6.07) is 0.764. The summed E-state index contributed by atoms with van der Waals surface area (Å²) in [7, 11) is 0. The molecule has 0 aliphatic heterocycles. The normalized spacial score (nSPS) is 14.8. The molecule has 1 aromatic carbocycles. The quantitative estimate of drug-likeness (QED) is 0.531. The van der Waals surface area contributed by atoms with Gasteiger partial charge in [0.1, 0.15) is 15.8 Å². The summed E-state index contributed by atoms with van der Waals surface area (Å²) in [5.41, 5.74) is 8.57. The van der Waals surface area contributed by atoms with Crippen LogP contribution in [-0.4, -0.2) is 11.1 Å². The molecule has 0 atom stereocenters. The Kier molecular flexibility index (Phi) is 6.52. The highest BCUT2D eigenvalue weighted by atomic mass is 32.2. The maximum atomic E-state index is 14.2. The molecule has 0 saturated carbocycles. The lowest BCUT2D eigenvalue weighted by molar-refractivity contribution is 0.0823. The molecule has 9 heteroatoms. The maximum Gasteiger partial charge on any atom is 0.316 e. The van der Waals surface area contributed by atoms with Crippen LogP contribution in [-0.2, 0) is 31.3 Å². The largest absolute Gasteiger partial charge is 0.385 e. The standard InChI is InChI=1S/C13H15FN2O.C7H10FNOS2/c14-11-7-3-1-5-9(7)12(16-13(15)17)10-6-2-4-8(10)11;1-7(2,10)5-3-4(8)6(11-5)12-9/h1-6H2,(H3,15,16,17);3,10H,9H2,1-2H3. The van der Waals surface area contributed by atoms with Gasteiger partial charge in [0.05, 0.1) is 5.60 Å². The zero-order chi connectivity index (χ0) is 21.3. The van der Waals surface area contributed by atoms with Gasteiger partial charge in [0.15, 0.2) is 0 Å². The fraction of sp³-hybridized carbons (Fsp3) is 0.450. The fourth-order valence-corrected chi connectivity index (χ4v) is 5.30. The van der Waals surface area contributed by atoms with Crippen molar-refractivity contribution in [1.82, 2.24) is 0 Å². The summed E-state index contributed by atoms with van der Waals surface area (Å²) in [5.74, 6) is -0.385. The van der Waals surface area contributed by atoms with Crippen LogP contribution in [0.25, 0.3) is 0 Å². The van der Waals surface area contributed by atoms with Gasteiger partial charge < -0.3 is 16.2 Å². The zero-order valence-corrected chi connectivity index (χ0v) is 18.0. The molecule has 0 bridgehead atoms. The Morgan fingerprint density at radius 2 is 1.66 bits per heavy atom. The lowest BCUT2D eigenvalue weighted by Gasteiger charge is -2.16. The molecular formula is C20H25F2N3O2S2. The second-order valence-corrected chi connectivity index (χ2v) is 9.68. The SMILES string of the molecule is CC(C)(O)c1cc(F)c(SN)s1.NC(=O)Nc1c2c(c(F)c3c1CCC3)CCC2. The van der Waals surface area contributed by atoms with Crippen LogP contribution in [0.4, 0.5) is 19.3 Å². The van der Waals surface area contributed by atoms with E-state index in [0.717, 1.165) is 78.4 Å². The summed E-state index contributed by atoms with van der Waals surface area (Å²) in [4.78, 5) is 11.7. The van der Waals surface area contributed by atoms with Crippen molar-refractivity contribution in [1.29, 1.82) is 0 Å². The molecule has 2 amide bonds. The molecule has 2 aromatic rings. The molecule has 0 fully saturated rings. The lowest BCUT2D eigenvalue weighted by Crippen LogP contribution is -2.21. The Hall–Kier alpha value is -1.68. The summed E-state index contributed by atoms with van der Waals surface area (Å²) >= 11 is 2.04. The number of hydrogen-bond acceptors (Lipinski definition) is 5. The highest BCUT2D eigenvalue weighted by molar-refractivity contribution is 7.99. The summed E-state index contributed by atoms with van der Waals surface area (Å²) in [5, 5.41) is 17.4. The van der Waals surface area contributed by atoms with Crippen molar-refractivity contribution in [2.24, 2.45) is 10.9 Å². The van der Waals surface area contributed by atoms with Gasteiger partial charge in [-0.05, 0) is 92.6 Å². The van der Waals surface area contributed by atoms with Gasteiger partial charge in [-0.25, -0.2) is 13.6 Å². The second-order valence-electron chi connectivity index (χ2n) is 7.72. The molecule has 1 heterocycles. The van der Waals surface area contributed by atoms with E-state index in [2.05, 4.69) is 5.32 Å². The summed E-state index contributed by atoms with van der Waals surface area (Å²) in [6.45, 7) is 3.23. The molecule has 0 unspecified atom stereocenters. The minimum absolute atomic E-state index is 0.0278. The van der Waals surface area contributed by atoms with Crippen LogP contribution in [0, 0.1) is 11.6 Å². The van der Waals surface area contributed by atoms with Gasteiger partial charge in [-0.15, -0.1) is 11.3 Å². The molecule has 0 saturated heterocycles. The van der Waals surface area contributed by atoms with Crippen LogP contribution in [0.15, 0.2) is 10.3 Å². The van der Waals surface area contributed by atoms with Gasteiger partial charge >= 0.3 is 6.03 Å². The topological polar surface area (TPSA) is 101 Å². The van der Waals surface area contributed by atoms with Crippen LogP contribution in [0.5, 0.6) is 0 Å². The molecule has 0 spiro atoms. The van der Waals surface area contributed by atoms with Gasteiger partial charge in [0.25, 0.3) is 0 Å². The minimum atomic E-state index is -0.987. The van der Waals surface area contributed by atoms with E-state index in [1.54, 1.807) is 13.8 Å². The highest BCUT2D eigenvalue weighted by Gasteiger charge is 2.29. The molecule has 5 nitrogen and oxygen atoms in total. The predicted molar refractivity (Wildman–Crippen MR) is 113 cm³/mol. The Bertz CT molecular complexity index is 904. The predicted octanol–water partition coefficient (Wildman–Crippen LogP) is 4.37. The van der Waals surface area contributed by atoms with E-state index in [9.17, 15) is 18.7 Å². The lowest BCUT2D eigenvalue weighted by atomic mass is 9.98. The van der Waals surface area contributed by atoms with E-state index in [1.165, 1.54) is 17.4 Å². The van der Waals surface area contributed by atoms with E-state index in [1.807, 2.05) is 0 Å². The van der Waals surface area contributed by atoms with Gasteiger partial charge in [0, 0.05) is 10.6 Å². The molecule has 6 N–H and O–H groups in total. The number of nitrogens with two attached hydrogens (primary N) is 2. The number of halogens is 2. The Balaban J connectivity index is 0.000000177. The van der Waals surface area contributed by atoms with Gasteiger partial charge in [-0.1, -0.05) is 0 Å². The average Bonchev–Trinajstić information content (AvgIpc) is 3.37. The first-order valence-electron chi connectivity index (χ1n) is 9.43. The third kappa shape index (κ3) is 4.58. The molecular weight excluding hydrogens is 416 g/mol. The number of hydrogen-bond donors (Lipinski definition) is 4. The van der Waals surface area contributed by atoms with Crippen LogP contribution < -0.4 is 16.2 Å². The number of carbonyl (C=O) groups is 1. The van der Waals surface area contributed by atoms with Crippen molar-refractivity contribution in [2.45, 2.75) is 62.2 Å². The maximum absolute atomic E-state index is 14.2. The molecule has 0 radical (unpaired) electrons. The van der Waals surface area contributed by atoms with Crippen molar-refractivity contribution in [3.8, 4) is 0 Å². The third-order valence-corrected chi connectivity index (χ3v) is 7.35. The Labute approximate surface area is 177 Å². The number of benzene rings is 1. The second kappa shape index (κ2) is 8.59. The number of carbonyl (C=O) groups excluding carboxylic acids is 1. The number of amides is 2. The smallest absolute Gasteiger partial charge is 0.316 e. The molecule has 2 aliphatic rings. The first kappa shape index (κ1) is 22.0. The van der Waals surface area contributed by atoms with E-state index < -0.39 is 11.6 Å². The van der Waals surface area contributed by atoms with Gasteiger partial charge in [0.2, 0.25) is 0 Å². The first-order chi connectivity index (χ1) is 13.6. The van der Waals surface area contributed by atoms with Crippen LogP contribution in [0.1, 0.15) is 53.8 Å². The molecule has 2 aliphatic carbocycles. The van der Waals surface area contributed by atoms with Crippen LogP contribution in [0.3, 0.4) is 0 Å². The van der Waals surface area contributed by atoms with Crippen molar-refractivity contribution in [2.75, 3.05) is 5.32 Å². The van der Waals surface area contributed by atoms with E-state index in [0.29, 0.717) is 9.09 Å². The molecule has 1 aromatic heterocycles. The number of urea groups is 1. The first-order valence-corrected chi connectivity index (χ1v) is 11.1. The van der Waals surface area contributed by atoms with Gasteiger partial charge in [-0.3, -0.25) is 5.14 Å². The van der Waals surface area contributed by atoms with Crippen LogP contribution in [0.2, 0.25) is 0 Å². The number of nitrogens with one attached hydrogen (secondary N) is 1. The average molecular weight is 442 g/mol. The molecule has 29 heavy (non-hydrogen) atoms. The number of thiophene rings is 1. The Morgan fingerprint density at radius 1 is 1.14 bits per heavy atom. The molecule has 158 valence electrons.